The first kappa shape index (κ1) is 13.4. The van der Waals surface area contributed by atoms with Crippen molar-refractivity contribution in [3.63, 3.8) is 0 Å². The lowest BCUT2D eigenvalue weighted by molar-refractivity contribution is -0.123. The van der Waals surface area contributed by atoms with E-state index in [1.165, 1.54) is 0 Å². The number of hydrogen-bond acceptors (Lipinski definition) is 3. The number of benzene rings is 1. The van der Waals surface area contributed by atoms with Gasteiger partial charge in [-0.1, -0.05) is 33.2 Å². The number of carbonyl (C=O) groups excluding carboxylic acids is 1. The fourth-order valence-electron chi connectivity index (χ4n) is 2.38. The topological polar surface area (TPSA) is 55.1 Å². The van der Waals surface area contributed by atoms with Crippen molar-refractivity contribution in [3.05, 3.63) is 51.8 Å². The molecule has 1 aromatic carbocycles. The van der Waals surface area contributed by atoms with Crippen molar-refractivity contribution < 1.29 is 9.32 Å². The summed E-state index contributed by atoms with van der Waals surface area (Å²) in [6.07, 6.45) is 1.80. The van der Waals surface area contributed by atoms with Crippen LogP contribution in [0.1, 0.15) is 29.9 Å². The molecule has 0 spiro atoms. The number of aromatic nitrogens is 1. The van der Waals surface area contributed by atoms with Crippen molar-refractivity contribution in [1.82, 2.24) is 10.5 Å². The van der Waals surface area contributed by atoms with E-state index in [1.54, 1.807) is 0 Å². The molecule has 20 heavy (non-hydrogen) atoms. The standard InChI is InChI=1S/C15H15BrN2O2/c1-10-8-13(18-20-10)9-17-14(19)15(6-7-15)11-2-4-12(16)5-3-11/h2-5,8H,6-7,9H2,1H3,(H,17,19). The van der Waals surface area contributed by atoms with E-state index in [9.17, 15) is 4.79 Å². The smallest absolute Gasteiger partial charge is 0.230 e. The van der Waals surface area contributed by atoms with E-state index in [0.29, 0.717) is 6.54 Å². The van der Waals surface area contributed by atoms with Gasteiger partial charge in [-0.25, -0.2) is 0 Å². The fourth-order valence-corrected chi connectivity index (χ4v) is 2.65. The van der Waals surface area contributed by atoms with Gasteiger partial charge in [0.15, 0.2) is 0 Å². The Kier molecular flexibility index (Phi) is 3.38. The number of nitrogens with zero attached hydrogens (tertiary/aromatic N) is 1. The van der Waals surface area contributed by atoms with Crippen LogP contribution >= 0.6 is 15.9 Å². The van der Waals surface area contributed by atoms with Gasteiger partial charge in [-0.15, -0.1) is 0 Å². The predicted octanol–water partition coefficient (Wildman–Crippen LogP) is 3.09. The molecule has 3 rings (SSSR count). The van der Waals surface area contributed by atoms with Crippen LogP contribution in [0.4, 0.5) is 0 Å². The normalized spacial score (nSPS) is 15.9. The molecule has 1 saturated carbocycles. The Labute approximate surface area is 125 Å². The average molecular weight is 335 g/mol. The zero-order valence-electron chi connectivity index (χ0n) is 11.1. The van der Waals surface area contributed by atoms with Gasteiger partial charge in [-0.2, -0.15) is 0 Å². The van der Waals surface area contributed by atoms with E-state index < -0.39 is 0 Å². The maximum Gasteiger partial charge on any atom is 0.230 e. The van der Waals surface area contributed by atoms with Gasteiger partial charge in [-0.3, -0.25) is 4.79 Å². The molecule has 1 amide bonds. The van der Waals surface area contributed by atoms with Gasteiger partial charge in [0.2, 0.25) is 5.91 Å². The molecule has 1 aliphatic carbocycles. The fraction of sp³-hybridized carbons (Fsp3) is 0.333. The molecule has 0 aliphatic heterocycles. The number of hydrogen-bond donors (Lipinski definition) is 1. The molecule has 4 nitrogen and oxygen atoms in total. The van der Waals surface area contributed by atoms with Gasteiger partial charge >= 0.3 is 0 Å². The summed E-state index contributed by atoms with van der Waals surface area (Å²) in [5, 5.41) is 6.83. The Hall–Kier alpha value is -1.62. The molecule has 1 aromatic heterocycles. The minimum absolute atomic E-state index is 0.0699. The summed E-state index contributed by atoms with van der Waals surface area (Å²) in [6.45, 7) is 2.25. The van der Waals surface area contributed by atoms with E-state index in [4.69, 9.17) is 4.52 Å². The molecule has 0 saturated heterocycles. The lowest BCUT2D eigenvalue weighted by atomic mass is 9.95. The van der Waals surface area contributed by atoms with Crippen LogP contribution in [-0.2, 0) is 16.8 Å². The van der Waals surface area contributed by atoms with Crippen LogP contribution in [0.15, 0.2) is 39.3 Å². The number of aryl methyl sites for hydroxylation is 1. The second-order valence-corrected chi connectivity index (χ2v) is 6.12. The van der Waals surface area contributed by atoms with Crippen LogP contribution in [0.3, 0.4) is 0 Å². The minimum atomic E-state index is -0.348. The third-order valence-corrected chi connectivity index (χ3v) is 4.22. The molecule has 0 bridgehead atoms. The van der Waals surface area contributed by atoms with Gasteiger partial charge in [0.05, 0.1) is 12.0 Å². The van der Waals surface area contributed by atoms with E-state index >= 15 is 0 Å². The molecule has 5 heteroatoms. The Bertz CT molecular complexity index is 630. The van der Waals surface area contributed by atoms with Crippen LogP contribution < -0.4 is 5.32 Å². The summed E-state index contributed by atoms with van der Waals surface area (Å²) in [6, 6.07) is 9.81. The highest BCUT2D eigenvalue weighted by atomic mass is 79.9. The maximum absolute atomic E-state index is 12.4. The first-order valence-corrected chi connectivity index (χ1v) is 7.36. The van der Waals surface area contributed by atoms with Crippen molar-refractivity contribution in [3.8, 4) is 0 Å². The SMILES string of the molecule is Cc1cc(CNC(=O)C2(c3ccc(Br)cc3)CC2)no1. The predicted molar refractivity (Wildman–Crippen MR) is 78.1 cm³/mol. The van der Waals surface area contributed by atoms with E-state index in [1.807, 2.05) is 37.3 Å². The molecule has 104 valence electrons. The van der Waals surface area contributed by atoms with Gasteiger partial charge < -0.3 is 9.84 Å². The zero-order chi connectivity index (χ0) is 14.2. The zero-order valence-corrected chi connectivity index (χ0v) is 12.7. The van der Waals surface area contributed by atoms with Crippen LogP contribution in [0.5, 0.6) is 0 Å². The highest BCUT2D eigenvalue weighted by molar-refractivity contribution is 9.10. The van der Waals surface area contributed by atoms with Gasteiger partial charge in [-0.05, 0) is 37.5 Å². The summed E-state index contributed by atoms with van der Waals surface area (Å²) in [4.78, 5) is 12.4. The number of rotatable bonds is 4. The molecule has 1 N–H and O–H groups in total. The Balaban J connectivity index is 1.68. The Morgan fingerprint density at radius 1 is 1.40 bits per heavy atom. The molecule has 2 aromatic rings. The lowest BCUT2D eigenvalue weighted by Crippen LogP contribution is -2.34. The number of carbonyl (C=O) groups is 1. The number of halogens is 1. The molecule has 0 unspecified atom stereocenters. The highest BCUT2D eigenvalue weighted by Crippen LogP contribution is 2.48. The third kappa shape index (κ3) is 2.50. The van der Waals surface area contributed by atoms with Crippen molar-refractivity contribution in [2.75, 3.05) is 0 Å². The molecular formula is C15H15BrN2O2. The number of nitrogens with one attached hydrogen (secondary N) is 1. The van der Waals surface area contributed by atoms with Crippen molar-refractivity contribution in [1.29, 1.82) is 0 Å². The van der Waals surface area contributed by atoms with Crippen molar-refractivity contribution in [2.24, 2.45) is 0 Å². The quantitative estimate of drug-likeness (QED) is 0.934. The number of amides is 1. The largest absolute Gasteiger partial charge is 0.361 e. The molecule has 0 atom stereocenters. The van der Waals surface area contributed by atoms with Gasteiger partial charge in [0, 0.05) is 10.5 Å². The molecule has 1 fully saturated rings. The maximum atomic E-state index is 12.4. The van der Waals surface area contributed by atoms with Crippen molar-refractivity contribution in [2.45, 2.75) is 31.7 Å². The summed E-state index contributed by atoms with van der Waals surface area (Å²) >= 11 is 3.41. The Morgan fingerprint density at radius 2 is 2.10 bits per heavy atom. The van der Waals surface area contributed by atoms with E-state index in [2.05, 4.69) is 26.4 Å². The second-order valence-electron chi connectivity index (χ2n) is 5.20. The van der Waals surface area contributed by atoms with E-state index in [-0.39, 0.29) is 11.3 Å². The average Bonchev–Trinajstić information content (AvgIpc) is 3.15. The second kappa shape index (κ2) is 5.05. The summed E-state index contributed by atoms with van der Waals surface area (Å²) in [5.41, 5.74) is 1.48. The lowest BCUT2D eigenvalue weighted by Gasteiger charge is -2.15. The summed E-state index contributed by atoms with van der Waals surface area (Å²) in [7, 11) is 0. The molecule has 1 aliphatic rings. The minimum Gasteiger partial charge on any atom is -0.361 e. The third-order valence-electron chi connectivity index (χ3n) is 3.69. The summed E-state index contributed by atoms with van der Waals surface area (Å²) < 4.78 is 6.01. The van der Waals surface area contributed by atoms with Crippen LogP contribution in [0, 0.1) is 6.92 Å². The van der Waals surface area contributed by atoms with Crippen LogP contribution in [0.25, 0.3) is 0 Å². The summed E-state index contributed by atoms with van der Waals surface area (Å²) in [5.74, 6) is 0.823. The molecule has 1 heterocycles. The van der Waals surface area contributed by atoms with Gasteiger partial charge in [0.1, 0.15) is 11.5 Å². The first-order chi connectivity index (χ1) is 9.60. The van der Waals surface area contributed by atoms with Crippen LogP contribution in [-0.4, -0.2) is 11.1 Å². The van der Waals surface area contributed by atoms with Crippen molar-refractivity contribution >= 4 is 21.8 Å². The van der Waals surface area contributed by atoms with Gasteiger partial charge in [0.25, 0.3) is 0 Å². The first-order valence-electron chi connectivity index (χ1n) is 6.57. The molecular weight excluding hydrogens is 320 g/mol. The highest BCUT2D eigenvalue weighted by Gasteiger charge is 2.51. The van der Waals surface area contributed by atoms with Crippen LogP contribution in [0.2, 0.25) is 0 Å². The molecule has 0 radical (unpaired) electrons. The Morgan fingerprint density at radius 3 is 2.65 bits per heavy atom. The monoisotopic (exact) mass is 334 g/mol. The van der Waals surface area contributed by atoms with E-state index in [0.717, 1.165) is 34.3 Å².